The van der Waals surface area contributed by atoms with Crippen LogP contribution in [0.5, 0.6) is 5.75 Å². The number of ether oxygens (including phenoxy) is 1. The molecule has 0 radical (unpaired) electrons. The highest BCUT2D eigenvalue weighted by atomic mass is 16.5. The normalized spacial score (nSPS) is 40.6. The number of nitrogens with zero attached hydrogens (tertiary/aromatic N) is 1. The van der Waals surface area contributed by atoms with Crippen LogP contribution in [0.3, 0.4) is 0 Å². The molecule has 4 nitrogen and oxygen atoms in total. The van der Waals surface area contributed by atoms with Gasteiger partial charge in [0.05, 0.1) is 11.0 Å². The average molecular weight is 301 g/mol. The summed E-state index contributed by atoms with van der Waals surface area (Å²) in [5, 5.41) is 11.7. The molecule has 3 aliphatic rings. The summed E-state index contributed by atoms with van der Waals surface area (Å²) in [7, 11) is 2.05. The minimum atomic E-state index is -0.921. The van der Waals surface area contributed by atoms with Gasteiger partial charge in [0.25, 0.3) is 0 Å². The molecule has 0 aromatic heterocycles. The summed E-state index contributed by atoms with van der Waals surface area (Å²) in [5.41, 5.74) is 0.672. The van der Waals surface area contributed by atoms with Crippen molar-refractivity contribution in [3.63, 3.8) is 0 Å². The first kappa shape index (κ1) is 14.2. The predicted molar refractivity (Wildman–Crippen MR) is 83.2 cm³/mol. The van der Waals surface area contributed by atoms with Crippen LogP contribution in [-0.4, -0.2) is 47.1 Å². The largest absolute Gasteiger partial charge is 0.481 e. The van der Waals surface area contributed by atoms with Crippen LogP contribution in [0.15, 0.2) is 18.2 Å². The molecule has 1 aromatic carbocycles. The van der Waals surface area contributed by atoms with Crippen molar-refractivity contribution < 1.29 is 14.6 Å². The number of hydrogen-bond donors (Lipinski definition) is 1. The van der Waals surface area contributed by atoms with Crippen LogP contribution in [0.2, 0.25) is 0 Å². The zero-order valence-electron chi connectivity index (χ0n) is 13.4. The quantitative estimate of drug-likeness (QED) is 0.794. The fourth-order valence-electron chi connectivity index (χ4n) is 5.09. The van der Waals surface area contributed by atoms with E-state index in [4.69, 9.17) is 4.74 Å². The third kappa shape index (κ3) is 1.43. The van der Waals surface area contributed by atoms with Crippen LogP contribution < -0.4 is 4.74 Å². The van der Waals surface area contributed by atoms with Gasteiger partial charge in [-0.2, -0.15) is 0 Å². The van der Waals surface area contributed by atoms with Crippen molar-refractivity contribution in [2.24, 2.45) is 0 Å². The lowest BCUT2D eigenvalue weighted by Crippen LogP contribution is -2.73. The van der Waals surface area contributed by atoms with Crippen LogP contribution >= 0.6 is 0 Å². The van der Waals surface area contributed by atoms with Crippen molar-refractivity contribution in [1.82, 2.24) is 4.90 Å². The molecule has 0 bridgehead atoms. The molecular weight excluding hydrogens is 278 g/mol. The van der Waals surface area contributed by atoms with Crippen molar-refractivity contribution in [3.8, 4) is 5.75 Å². The van der Waals surface area contributed by atoms with Gasteiger partial charge < -0.3 is 14.7 Å². The number of likely N-dealkylation sites (tertiary alicyclic amines) is 1. The van der Waals surface area contributed by atoms with E-state index in [1.54, 1.807) is 0 Å². The highest BCUT2D eigenvalue weighted by Gasteiger charge is 2.69. The number of carbonyl (C=O) groups excluding carboxylic acids is 1. The van der Waals surface area contributed by atoms with Crippen LogP contribution in [0, 0.1) is 6.92 Å². The summed E-state index contributed by atoms with van der Waals surface area (Å²) < 4.78 is 6.08. The Labute approximate surface area is 131 Å². The van der Waals surface area contributed by atoms with Gasteiger partial charge in [-0.1, -0.05) is 12.1 Å². The van der Waals surface area contributed by atoms with E-state index in [0.29, 0.717) is 12.8 Å². The molecule has 1 unspecified atom stereocenters. The molecule has 2 fully saturated rings. The Kier molecular flexibility index (Phi) is 2.80. The summed E-state index contributed by atoms with van der Waals surface area (Å²) >= 11 is 0. The van der Waals surface area contributed by atoms with Crippen molar-refractivity contribution in [3.05, 3.63) is 29.3 Å². The molecule has 4 heteroatoms. The van der Waals surface area contributed by atoms with Crippen molar-refractivity contribution in [2.45, 2.75) is 56.3 Å². The smallest absolute Gasteiger partial charge is 0.174 e. The summed E-state index contributed by atoms with van der Waals surface area (Å²) in [6, 6.07) is 5.96. The molecule has 0 amide bonds. The van der Waals surface area contributed by atoms with E-state index in [-0.39, 0.29) is 11.8 Å². The Morgan fingerprint density at radius 1 is 1.36 bits per heavy atom. The monoisotopic (exact) mass is 301 g/mol. The van der Waals surface area contributed by atoms with Crippen molar-refractivity contribution in [2.75, 3.05) is 13.6 Å². The second-order valence-electron chi connectivity index (χ2n) is 7.21. The van der Waals surface area contributed by atoms with Gasteiger partial charge in [-0.3, -0.25) is 4.79 Å². The SMILES string of the molecule is Cc1cccc2c1[C@]13CCN(C)C(C)[C@]1(O)CCC(=O)[C@@H]3O2. The third-order valence-corrected chi connectivity index (χ3v) is 6.40. The van der Waals surface area contributed by atoms with E-state index >= 15 is 0 Å². The zero-order valence-corrected chi connectivity index (χ0v) is 13.4. The minimum absolute atomic E-state index is 0.00556. The molecule has 2 heterocycles. The molecule has 1 aromatic rings. The van der Waals surface area contributed by atoms with Gasteiger partial charge in [-0.25, -0.2) is 0 Å². The van der Waals surface area contributed by atoms with E-state index in [1.165, 1.54) is 0 Å². The second-order valence-corrected chi connectivity index (χ2v) is 7.21. The van der Waals surface area contributed by atoms with E-state index in [0.717, 1.165) is 29.8 Å². The number of carbonyl (C=O) groups is 1. The fourth-order valence-corrected chi connectivity index (χ4v) is 5.09. The van der Waals surface area contributed by atoms with Crippen LogP contribution in [0.4, 0.5) is 0 Å². The molecular formula is C18H23NO3. The van der Waals surface area contributed by atoms with Crippen LogP contribution in [-0.2, 0) is 10.2 Å². The summed E-state index contributed by atoms with van der Waals surface area (Å²) in [6.07, 6.45) is 1.15. The summed E-state index contributed by atoms with van der Waals surface area (Å²) in [5.74, 6) is 0.924. The number of fused-ring (bicyclic) bond motifs is 1. The average Bonchev–Trinajstić information content (AvgIpc) is 2.85. The van der Waals surface area contributed by atoms with E-state index in [9.17, 15) is 9.90 Å². The molecule has 4 rings (SSSR count). The lowest BCUT2D eigenvalue weighted by atomic mass is 9.52. The van der Waals surface area contributed by atoms with Gasteiger partial charge in [-0.15, -0.1) is 0 Å². The molecule has 2 aliphatic heterocycles. The standard InChI is InChI=1S/C18H23NO3/c1-11-5-4-6-14-15(11)17-9-10-19(3)12(2)18(17,21)8-7-13(20)16(17)22-14/h4-6,12,16,21H,7-10H2,1-3H3/t12?,16-,17-,18+/m0/s1. The van der Waals surface area contributed by atoms with Gasteiger partial charge in [0.1, 0.15) is 5.75 Å². The number of rotatable bonds is 0. The van der Waals surface area contributed by atoms with Gasteiger partial charge in [-0.05, 0) is 51.9 Å². The maximum absolute atomic E-state index is 12.6. The van der Waals surface area contributed by atoms with Crippen molar-refractivity contribution >= 4 is 5.78 Å². The number of piperidine rings is 1. The summed E-state index contributed by atoms with van der Waals surface area (Å²) in [6.45, 7) is 5.00. The minimum Gasteiger partial charge on any atom is -0.481 e. The molecule has 1 saturated carbocycles. The Balaban J connectivity index is 2.00. The maximum atomic E-state index is 12.6. The number of likely N-dealkylation sites (N-methyl/N-ethyl adjacent to an activating group) is 1. The Bertz CT molecular complexity index is 658. The second kappa shape index (κ2) is 4.33. The molecule has 4 atom stereocenters. The first-order chi connectivity index (χ1) is 10.4. The number of Topliss-reactive ketones (excluding diaryl/α,β-unsaturated/α-hetero) is 1. The molecule has 1 N–H and O–H groups in total. The number of ketones is 1. The van der Waals surface area contributed by atoms with Crippen molar-refractivity contribution in [1.29, 1.82) is 0 Å². The van der Waals surface area contributed by atoms with Gasteiger partial charge >= 0.3 is 0 Å². The lowest BCUT2D eigenvalue weighted by Gasteiger charge is -2.58. The number of benzene rings is 1. The number of aliphatic hydroxyl groups is 1. The molecule has 1 aliphatic carbocycles. The van der Waals surface area contributed by atoms with Crippen LogP contribution in [0.1, 0.15) is 37.3 Å². The highest BCUT2D eigenvalue weighted by molar-refractivity contribution is 5.89. The lowest BCUT2D eigenvalue weighted by molar-refractivity contribution is -0.178. The van der Waals surface area contributed by atoms with Gasteiger partial charge in [0, 0.05) is 18.0 Å². The first-order valence-electron chi connectivity index (χ1n) is 8.14. The van der Waals surface area contributed by atoms with Crippen LogP contribution in [0.25, 0.3) is 0 Å². The predicted octanol–water partition coefficient (Wildman–Crippen LogP) is 1.81. The molecule has 22 heavy (non-hydrogen) atoms. The first-order valence-corrected chi connectivity index (χ1v) is 8.14. The molecule has 1 spiro atoms. The van der Waals surface area contributed by atoms with E-state index in [2.05, 4.69) is 31.9 Å². The topological polar surface area (TPSA) is 49.8 Å². The Morgan fingerprint density at radius 3 is 2.91 bits per heavy atom. The zero-order chi connectivity index (χ0) is 15.7. The third-order valence-electron chi connectivity index (χ3n) is 6.40. The molecule has 118 valence electrons. The fraction of sp³-hybridized carbons (Fsp3) is 0.611. The van der Waals surface area contributed by atoms with Gasteiger partial charge in [0.15, 0.2) is 11.9 Å². The number of aryl methyl sites for hydroxylation is 1. The highest BCUT2D eigenvalue weighted by Crippen LogP contribution is 2.59. The molecule has 1 saturated heterocycles. The van der Waals surface area contributed by atoms with E-state index in [1.807, 2.05) is 12.1 Å². The number of hydrogen-bond acceptors (Lipinski definition) is 4. The van der Waals surface area contributed by atoms with E-state index < -0.39 is 17.1 Å². The Hall–Kier alpha value is -1.39. The Morgan fingerprint density at radius 2 is 2.14 bits per heavy atom. The maximum Gasteiger partial charge on any atom is 0.174 e. The summed E-state index contributed by atoms with van der Waals surface area (Å²) in [4.78, 5) is 14.8. The van der Waals surface area contributed by atoms with Gasteiger partial charge in [0.2, 0.25) is 0 Å².